The number of nitrogens with one attached hydrogen (secondary N) is 1. The van der Waals surface area contributed by atoms with Crippen molar-refractivity contribution in [2.45, 2.75) is 97.8 Å². The van der Waals surface area contributed by atoms with Crippen LogP contribution in [0.5, 0.6) is 17.2 Å². The fourth-order valence-corrected chi connectivity index (χ4v) is 4.15. The highest BCUT2D eigenvalue weighted by Crippen LogP contribution is 2.29. The van der Waals surface area contributed by atoms with Gasteiger partial charge in [-0.2, -0.15) is 5.10 Å². The predicted molar refractivity (Wildman–Crippen MR) is 157 cm³/mol. The molecule has 0 aliphatic rings. The van der Waals surface area contributed by atoms with Gasteiger partial charge in [0.25, 0.3) is 0 Å². The highest BCUT2D eigenvalue weighted by Gasteiger charge is 2.13. The Balaban J connectivity index is 1.73. The average molecular weight is 539 g/mol. The molecule has 0 heterocycles. The molecule has 1 amide bonds. The van der Waals surface area contributed by atoms with Gasteiger partial charge in [-0.05, 0) is 68.3 Å². The van der Waals surface area contributed by atoms with Crippen molar-refractivity contribution in [3.63, 3.8) is 0 Å². The molecule has 0 saturated carbocycles. The van der Waals surface area contributed by atoms with Crippen LogP contribution < -0.4 is 19.6 Å². The standard InChI is InChI=1S/C32H46N2O5/c1-4-7-8-9-10-11-12-13-14-15-16-17-31(35)34-33-25-26-18-23-29(30(24-26)38-6-3)39-32(36)27-19-21-28(22-20-27)37-5-2/h18-25H,4-17H2,1-3H3,(H,34,35)/b33-25+. The molecule has 1 N–H and O–H groups in total. The summed E-state index contributed by atoms with van der Waals surface area (Å²) < 4.78 is 16.6. The Labute approximate surface area is 234 Å². The number of unbranched alkanes of at least 4 members (excludes halogenated alkanes) is 10. The second-order valence-corrected chi connectivity index (χ2v) is 9.56. The van der Waals surface area contributed by atoms with Crippen LogP contribution >= 0.6 is 0 Å². The monoisotopic (exact) mass is 538 g/mol. The van der Waals surface area contributed by atoms with Gasteiger partial charge in [0.05, 0.1) is 25.0 Å². The first-order valence-electron chi connectivity index (χ1n) is 14.6. The predicted octanol–water partition coefficient (Wildman–Crippen LogP) is 7.85. The molecule has 7 heteroatoms. The van der Waals surface area contributed by atoms with E-state index in [1.807, 2.05) is 13.8 Å². The summed E-state index contributed by atoms with van der Waals surface area (Å²) in [6.45, 7) is 6.97. The minimum Gasteiger partial charge on any atom is -0.494 e. The van der Waals surface area contributed by atoms with Crippen LogP contribution in [-0.2, 0) is 4.79 Å². The zero-order valence-electron chi connectivity index (χ0n) is 24.0. The van der Waals surface area contributed by atoms with Crippen LogP contribution in [-0.4, -0.2) is 31.3 Å². The van der Waals surface area contributed by atoms with Crippen LogP contribution in [0.1, 0.15) is 114 Å². The fraction of sp³-hybridized carbons (Fsp3) is 0.531. The Morgan fingerprint density at radius 2 is 1.36 bits per heavy atom. The van der Waals surface area contributed by atoms with Gasteiger partial charge in [0.15, 0.2) is 11.5 Å². The molecule has 0 aromatic heterocycles. The molecule has 0 atom stereocenters. The largest absolute Gasteiger partial charge is 0.494 e. The maximum Gasteiger partial charge on any atom is 0.343 e. The normalized spacial score (nSPS) is 10.9. The molecular formula is C32H46N2O5. The van der Waals surface area contributed by atoms with Crippen LogP contribution in [0.25, 0.3) is 0 Å². The summed E-state index contributed by atoms with van der Waals surface area (Å²) in [5, 5.41) is 4.07. The van der Waals surface area contributed by atoms with E-state index in [2.05, 4.69) is 17.5 Å². The van der Waals surface area contributed by atoms with E-state index in [1.165, 1.54) is 57.8 Å². The van der Waals surface area contributed by atoms with Crippen molar-refractivity contribution in [2.75, 3.05) is 13.2 Å². The van der Waals surface area contributed by atoms with Gasteiger partial charge >= 0.3 is 5.97 Å². The molecule has 214 valence electrons. The molecule has 2 aromatic carbocycles. The second kappa shape index (κ2) is 19.7. The quantitative estimate of drug-likeness (QED) is 0.0610. The van der Waals surface area contributed by atoms with E-state index >= 15 is 0 Å². The van der Waals surface area contributed by atoms with Crippen molar-refractivity contribution in [3.8, 4) is 17.2 Å². The SMILES string of the molecule is CCCCCCCCCCCCCC(=O)N/N=C/c1ccc(OC(=O)c2ccc(OCC)cc2)c(OCC)c1. The number of hydrogen-bond acceptors (Lipinski definition) is 6. The van der Waals surface area contributed by atoms with E-state index in [1.54, 1.807) is 48.7 Å². The summed E-state index contributed by atoms with van der Waals surface area (Å²) in [6.07, 6.45) is 15.8. The van der Waals surface area contributed by atoms with Gasteiger partial charge in [-0.25, -0.2) is 10.2 Å². The smallest absolute Gasteiger partial charge is 0.343 e. The van der Waals surface area contributed by atoms with E-state index in [4.69, 9.17) is 14.2 Å². The third-order valence-corrected chi connectivity index (χ3v) is 6.28. The third-order valence-electron chi connectivity index (χ3n) is 6.28. The van der Waals surface area contributed by atoms with E-state index in [-0.39, 0.29) is 5.91 Å². The number of ether oxygens (including phenoxy) is 3. The lowest BCUT2D eigenvalue weighted by molar-refractivity contribution is -0.121. The summed E-state index contributed by atoms with van der Waals surface area (Å²) in [7, 11) is 0. The minimum absolute atomic E-state index is 0.0897. The molecule has 0 aliphatic heterocycles. The maximum atomic E-state index is 12.6. The van der Waals surface area contributed by atoms with E-state index in [0.717, 1.165) is 12.8 Å². The highest BCUT2D eigenvalue weighted by atomic mass is 16.6. The van der Waals surface area contributed by atoms with Crippen molar-refractivity contribution in [2.24, 2.45) is 5.10 Å². The van der Waals surface area contributed by atoms with Crippen molar-refractivity contribution < 1.29 is 23.8 Å². The second-order valence-electron chi connectivity index (χ2n) is 9.56. The first-order chi connectivity index (χ1) is 19.1. The van der Waals surface area contributed by atoms with Crippen molar-refractivity contribution >= 4 is 18.1 Å². The van der Waals surface area contributed by atoms with Crippen LogP contribution in [0, 0.1) is 0 Å². The van der Waals surface area contributed by atoms with Crippen molar-refractivity contribution in [3.05, 3.63) is 53.6 Å². The highest BCUT2D eigenvalue weighted by molar-refractivity contribution is 5.91. The van der Waals surface area contributed by atoms with Crippen molar-refractivity contribution in [1.82, 2.24) is 5.43 Å². The van der Waals surface area contributed by atoms with Gasteiger partial charge in [0.2, 0.25) is 5.91 Å². The number of carbonyl (C=O) groups is 2. The Bertz CT molecular complexity index is 1000. The van der Waals surface area contributed by atoms with E-state index in [9.17, 15) is 9.59 Å². The number of carbonyl (C=O) groups excluding carboxylic acids is 2. The zero-order chi connectivity index (χ0) is 28.1. The molecule has 0 bridgehead atoms. The summed E-state index contributed by atoms with van der Waals surface area (Å²) in [5.74, 6) is 0.850. The van der Waals surface area contributed by atoms with Gasteiger partial charge in [-0.15, -0.1) is 0 Å². The molecule has 0 radical (unpaired) electrons. The summed E-state index contributed by atoms with van der Waals surface area (Å²) in [5.41, 5.74) is 3.72. The van der Waals surface area contributed by atoms with Gasteiger partial charge in [0, 0.05) is 6.42 Å². The fourth-order valence-electron chi connectivity index (χ4n) is 4.15. The Hall–Kier alpha value is -3.35. The van der Waals surface area contributed by atoms with Crippen LogP contribution in [0.3, 0.4) is 0 Å². The Kier molecular flexibility index (Phi) is 16.1. The van der Waals surface area contributed by atoms with Crippen LogP contribution in [0.2, 0.25) is 0 Å². The molecule has 0 saturated heterocycles. The number of esters is 1. The Morgan fingerprint density at radius 3 is 1.97 bits per heavy atom. The molecule has 0 spiro atoms. The maximum absolute atomic E-state index is 12.6. The Morgan fingerprint density at radius 1 is 0.744 bits per heavy atom. The molecule has 0 fully saturated rings. The number of benzene rings is 2. The summed E-state index contributed by atoms with van der Waals surface area (Å²) >= 11 is 0. The zero-order valence-corrected chi connectivity index (χ0v) is 24.0. The van der Waals surface area contributed by atoms with Gasteiger partial charge < -0.3 is 14.2 Å². The first-order valence-corrected chi connectivity index (χ1v) is 14.6. The molecular weight excluding hydrogens is 492 g/mol. The van der Waals surface area contributed by atoms with Gasteiger partial charge in [0.1, 0.15) is 5.75 Å². The summed E-state index contributed by atoms with van der Waals surface area (Å²) in [4.78, 5) is 24.7. The molecule has 0 unspecified atom stereocenters. The number of rotatable bonds is 20. The molecule has 7 nitrogen and oxygen atoms in total. The van der Waals surface area contributed by atoms with E-state index < -0.39 is 5.97 Å². The minimum atomic E-state index is -0.491. The van der Waals surface area contributed by atoms with Crippen molar-refractivity contribution in [1.29, 1.82) is 0 Å². The van der Waals surface area contributed by atoms with Gasteiger partial charge in [-0.1, -0.05) is 71.1 Å². The number of amides is 1. The molecule has 2 aromatic rings. The number of hydrazone groups is 1. The van der Waals surface area contributed by atoms with Gasteiger partial charge in [-0.3, -0.25) is 4.79 Å². The van der Waals surface area contributed by atoms with E-state index in [0.29, 0.717) is 48.0 Å². The lowest BCUT2D eigenvalue weighted by atomic mass is 10.1. The lowest BCUT2D eigenvalue weighted by Crippen LogP contribution is -2.16. The summed E-state index contributed by atoms with van der Waals surface area (Å²) in [6, 6.07) is 11.9. The molecule has 0 aliphatic carbocycles. The topological polar surface area (TPSA) is 86.2 Å². The number of nitrogens with zero attached hydrogens (tertiary/aromatic N) is 1. The average Bonchev–Trinajstić information content (AvgIpc) is 2.93. The molecule has 2 rings (SSSR count). The van der Waals surface area contributed by atoms with Crippen LogP contribution in [0.4, 0.5) is 0 Å². The number of hydrogen-bond donors (Lipinski definition) is 1. The third kappa shape index (κ3) is 13.3. The first kappa shape index (κ1) is 31.9. The molecule has 39 heavy (non-hydrogen) atoms. The lowest BCUT2D eigenvalue weighted by Gasteiger charge is -2.11. The van der Waals surface area contributed by atoms with Crippen LogP contribution in [0.15, 0.2) is 47.6 Å².